The van der Waals surface area contributed by atoms with Gasteiger partial charge < -0.3 is 14.8 Å². The van der Waals surface area contributed by atoms with E-state index >= 15 is 0 Å². The minimum Gasteiger partial charge on any atom is -0.382 e. The third-order valence-corrected chi connectivity index (χ3v) is 1.91. The second-order valence-electron chi connectivity index (χ2n) is 2.39. The molecule has 0 rings (SSSR count). The van der Waals surface area contributed by atoms with E-state index in [2.05, 4.69) is 5.32 Å². The molecule has 0 atom stereocenters. The van der Waals surface area contributed by atoms with Gasteiger partial charge in [0, 0.05) is 19.4 Å². The van der Waals surface area contributed by atoms with Gasteiger partial charge in [0.25, 0.3) is 0 Å². The summed E-state index contributed by atoms with van der Waals surface area (Å²) in [5.74, 6) is 0.870. The van der Waals surface area contributed by atoms with Gasteiger partial charge in [-0.15, -0.1) is 0 Å². The number of nitrogens with one attached hydrogen (secondary N) is 1. The van der Waals surface area contributed by atoms with Gasteiger partial charge in [-0.2, -0.15) is 11.8 Å². The number of ether oxygens (including phenoxy) is 2. The van der Waals surface area contributed by atoms with Crippen molar-refractivity contribution in [3.05, 3.63) is 0 Å². The minimum absolute atomic E-state index is 0.0647. The second kappa shape index (κ2) is 9.83. The molecule has 0 aromatic carbocycles. The first-order valence-corrected chi connectivity index (χ1v) is 5.53. The predicted octanol–water partition coefficient (Wildman–Crippen LogP) is 0.129. The van der Waals surface area contributed by atoms with E-state index in [0.29, 0.717) is 19.8 Å². The van der Waals surface area contributed by atoms with Crippen LogP contribution >= 0.6 is 11.8 Å². The highest BCUT2D eigenvalue weighted by Gasteiger charge is 1.98. The standard InChI is InChI=1S/C8H17NO3S/c1-11-4-5-12-7-8(10)9-3-6-13-2/h3-7H2,1-2H3,(H,9,10). The van der Waals surface area contributed by atoms with Crippen molar-refractivity contribution >= 4 is 17.7 Å². The fourth-order valence-corrected chi connectivity index (χ4v) is 0.957. The Morgan fingerprint density at radius 3 is 2.85 bits per heavy atom. The van der Waals surface area contributed by atoms with Crippen LogP contribution in [0.5, 0.6) is 0 Å². The Morgan fingerprint density at radius 2 is 2.23 bits per heavy atom. The van der Waals surface area contributed by atoms with E-state index in [9.17, 15) is 4.79 Å². The summed E-state index contributed by atoms with van der Waals surface area (Å²) in [6, 6.07) is 0. The minimum atomic E-state index is -0.0647. The third-order valence-electron chi connectivity index (χ3n) is 1.29. The van der Waals surface area contributed by atoms with Crippen molar-refractivity contribution in [2.75, 3.05) is 45.5 Å². The molecule has 0 heterocycles. The Kier molecular flexibility index (Phi) is 9.63. The highest BCUT2D eigenvalue weighted by molar-refractivity contribution is 7.98. The van der Waals surface area contributed by atoms with E-state index < -0.39 is 0 Å². The lowest BCUT2D eigenvalue weighted by atomic mass is 10.6. The summed E-state index contributed by atoms with van der Waals surface area (Å²) in [5, 5.41) is 2.73. The molecule has 0 aliphatic rings. The summed E-state index contributed by atoms with van der Waals surface area (Å²) in [7, 11) is 1.60. The SMILES string of the molecule is COCCOCC(=O)NCCSC. The van der Waals surface area contributed by atoms with Crippen molar-refractivity contribution < 1.29 is 14.3 Å². The molecule has 0 saturated carbocycles. The second-order valence-corrected chi connectivity index (χ2v) is 3.37. The molecule has 0 bridgehead atoms. The zero-order chi connectivity index (χ0) is 9.94. The molecule has 0 radical (unpaired) electrons. The number of methoxy groups -OCH3 is 1. The molecular weight excluding hydrogens is 190 g/mol. The number of thioether (sulfide) groups is 1. The molecule has 0 unspecified atom stereocenters. The monoisotopic (exact) mass is 207 g/mol. The Hall–Kier alpha value is -0.260. The average molecular weight is 207 g/mol. The van der Waals surface area contributed by atoms with Crippen molar-refractivity contribution in [1.82, 2.24) is 5.32 Å². The maximum absolute atomic E-state index is 11.0. The van der Waals surface area contributed by atoms with Crippen LogP contribution in [0.2, 0.25) is 0 Å². The van der Waals surface area contributed by atoms with Crippen LogP contribution < -0.4 is 5.32 Å². The summed E-state index contributed by atoms with van der Waals surface area (Å²) in [4.78, 5) is 11.0. The lowest BCUT2D eigenvalue weighted by Gasteiger charge is -2.04. The number of carbonyl (C=O) groups is 1. The fraction of sp³-hybridized carbons (Fsp3) is 0.875. The Bertz CT molecular complexity index is 133. The lowest BCUT2D eigenvalue weighted by molar-refractivity contribution is -0.125. The maximum Gasteiger partial charge on any atom is 0.246 e. The van der Waals surface area contributed by atoms with E-state index in [1.165, 1.54) is 0 Å². The molecule has 0 saturated heterocycles. The number of hydrogen-bond donors (Lipinski definition) is 1. The highest BCUT2D eigenvalue weighted by atomic mass is 32.2. The van der Waals surface area contributed by atoms with Gasteiger partial charge in [0.1, 0.15) is 6.61 Å². The molecule has 1 amide bonds. The van der Waals surface area contributed by atoms with Gasteiger partial charge in [0.05, 0.1) is 13.2 Å². The smallest absolute Gasteiger partial charge is 0.246 e. The van der Waals surface area contributed by atoms with E-state index in [1.54, 1.807) is 18.9 Å². The maximum atomic E-state index is 11.0. The quantitative estimate of drug-likeness (QED) is 0.575. The van der Waals surface area contributed by atoms with Crippen molar-refractivity contribution in [2.24, 2.45) is 0 Å². The van der Waals surface area contributed by atoms with Crippen molar-refractivity contribution in [1.29, 1.82) is 0 Å². The van der Waals surface area contributed by atoms with Crippen LogP contribution in [0.15, 0.2) is 0 Å². The average Bonchev–Trinajstić information content (AvgIpc) is 2.13. The first-order chi connectivity index (χ1) is 6.31. The highest BCUT2D eigenvalue weighted by Crippen LogP contribution is 1.87. The molecule has 0 aliphatic heterocycles. The van der Waals surface area contributed by atoms with Gasteiger partial charge in [0.2, 0.25) is 5.91 Å². The van der Waals surface area contributed by atoms with Crippen LogP contribution in [0.1, 0.15) is 0 Å². The number of rotatable bonds is 8. The van der Waals surface area contributed by atoms with Crippen LogP contribution in [-0.2, 0) is 14.3 Å². The molecule has 1 N–H and O–H groups in total. The molecule has 78 valence electrons. The van der Waals surface area contributed by atoms with Gasteiger partial charge in [-0.3, -0.25) is 4.79 Å². The molecule has 13 heavy (non-hydrogen) atoms. The summed E-state index contributed by atoms with van der Waals surface area (Å²) in [5.41, 5.74) is 0. The lowest BCUT2D eigenvalue weighted by Crippen LogP contribution is -2.29. The van der Waals surface area contributed by atoms with Gasteiger partial charge in [-0.25, -0.2) is 0 Å². The molecule has 4 nitrogen and oxygen atoms in total. The van der Waals surface area contributed by atoms with Crippen molar-refractivity contribution in [3.63, 3.8) is 0 Å². The first kappa shape index (κ1) is 12.7. The Balaban J connectivity index is 3.11. The van der Waals surface area contributed by atoms with Crippen LogP contribution in [0, 0.1) is 0 Å². The first-order valence-electron chi connectivity index (χ1n) is 4.13. The van der Waals surface area contributed by atoms with Gasteiger partial charge in [-0.05, 0) is 6.26 Å². The molecule has 0 aromatic rings. The van der Waals surface area contributed by atoms with E-state index in [-0.39, 0.29) is 12.5 Å². The van der Waals surface area contributed by atoms with Crippen molar-refractivity contribution in [3.8, 4) is 0 Å². The molecule has 0 spiro atoms. The zero-order valence-electron chi connectivity index (χ0n) is 8.17. The van der Waals surface area contributed by atoms with Gasteiger partial charge in [-0.1, -0.05) is 0 Å². The van der Waals surface area contributed by atoms with Gasteiger partial charge in [0.15, 0.2) is 0 Å². The summed E-state index contributed by atoms with van der Waals surface area (Å²) in [6.45, 7) is 1.82. The summed E-state index contributed by atoms with van der Waals surface area (Å²) >= 11 is 1.70. The molecular formula is C8H17NO3S. The third kappa shape index (κ3) is 9.66. The normalized spacial score (nSPS) is 10.0. The van der Waals surface area contributed by atoms with Crippen LogP contribution in [0.25, 0.3) is 0 Å². The van der Waals surface area contributed by atoms with E-state index in [1.807, 2.05) is 6.26 Å². The van der Waals surface area contributed by atoms with Crippen LogP contribution in [-0.4, -0.2) is 51.4 Å². The molecule has 0 fully saturated rings. The largest absolute Gasteiger partial charge is 0.382 e. The Labute approximate surface area is 83.4 Å². The number of hydrogen-bond acceptors (Lipinski definition) is 4. The van der Waals surface area contributed by atoms with E-state index in [4.69, 9.17) is 9.47 Å². The summed E-state index contributed by atoms with van der Waals surface area (Å²) < 4.78 is 9.78. The van der Waals surface area contributed by atoms with Crippen molar-refractivity contribution in [2.45, 2.75) is 0 Å². The van der Waals surface area contributed by atoms with Crippen LogP contribution in [0.4, 0.5) is 0 Å². The van der Waals surface area contributed by atoms with Gasteiger partial charge >= 0.3 is 0 Å². The topological polar surface area (TPSA) is 47.6 Å². The van der Waals surface area contributed by atoms with Crippen LogP contribution in [0.3, 0.4) is 0 Å². The number of carbonyl (C=O) groups excluding carboxylic acids is 1. The fourth-order valence-electron chi connectivity index (χ4n) is 0.651. The molecule has 5 heteroatoms. The number of amides is 1. The predicted molar refractivity (Wildman–Crippen MR) is 54.1 cm³/mol. The molecule has 0 aromatic heterocycles. The Morgan fingerprint density at radius 1 is 1.46 bits per heavy atom. The van der Waals surface area contributed by atoms with E-state index in [0.717, 1.165) is 5.75 Å². The molecule has 0 aliphatic carbocycles. The summed E-state index contributed by atoms with van der Waals surface area (Å²) in [6.07, 6.45) is 2.00. The zero-order valence-corrected chi connectivity index (χ0v) is 8.99.